The zero-order valence-electron chi connectivity index (χ0n) is 18.2. The van der Waals surface area contributed by atoms with Gasteiger partial charge in [-0.25, -0.2) is 13.4 Å². The minimum atomic E-state index is -3.68. The van der Waals surface area contributed by atoms with Crippen molar-refractivity contribution in [2.75, 3.05) is 24.5 Å². The molecular weight excluding hydrogens is 456 g/mol. The fourth-order valence-corrected chi connectivity index (χ4v) is 6.67. The second-order valence-electron chi connectivity index (χ2n) is 8.39. The molecule has 1 N–H and O–H groups in total. The van der Waals surface area contributed by atoms with Crippen LogP contribution in [0.15, 0.2) is 58.9 Å². The fraction of sp³-hybridized carbons (Fsp3) is 0.333. The number of fused-ring (bicyclic) bond motifs is 1. The fourth-order valence-electron chi connectivity index (χ4n) is 4.31. The van der Waals surface area contributed by atoms with Crippen molar-refractivity contribution in [2.45, 2.75) is 37.2 Å². The molecule has 1 amide bonds. The molecule has 1 saturated heterocycles. The van der Waals surface area contributed by atoms with Crippen LogP contribution in [-0.2, 0) is 29.5 Å². The monoisotopic (exact) mass is 482 g/mol. The topological polar surface area (TPSA) is 82.6 Å². The third-order valence-corrected chi connectivity index (χ3v) is 9.06. The number of benzene rings is 1. The van der Waals surface area contributed by atoms with E-state index in [1.54, 1.807) is 35.7 Å². The van der Waals surface area contributed by atoms with Crippen LogP contribution in [-0.4, -0.2) is 43.2 Å². The first kappa shape index (κ1) is 22.1. The van der Waals surface area contributed by atoms with Crippen molar-refractivity contribution >= 4 is 33.1 Å². The summed E-state index contributed by atoms with van der Waals surface area (Å²) in [5, 5.41) is 4.87. The molecule has 0 unspecified atom stereocenters. The largest absolute Gasteiger partial charge is 0.357 e. The summed E-state index contributed by atoms with van der Waals surface area (Å²) in [5.74, 6) is 0.655. The molecule has 2 aromatic heterocycles. The van der Waals surface area contributed by atoms with Crippen molar-refractivity contribution in [2.24, 2.45) is 0 Å². The van der Waals surface area contributed by atoms with E-state index in [4.69, 9.17) is 0 Å². The number of thiophene rings is 1. The van der Waals surface area contributed by atoms with E-state index >= 15 is 0 Å². The van der Waals surface area contributed by atoms with Crippen molar-refractivity contribution in [1.29, 1.82) is 0 Å². The first-order chi connectivity index (χ1) is 16.0. The Morgan fingerprint density at radius 2 is 1.94 bits per heavy atom. The van der Waals surface area contributed by atoms with Gasteiger partial charge in [0.2, 0.25) is 10.0 Å². The van der Waals surface area contributed by atoms with E-state index in [1.165, 1.54) is 28.1 Å². The first-order valence-electron chi connectivity index (χ1n) is 11.1. The molecule has 0 saturated carbocycles. The predicted octanol–water partition coefficient (Wildman–Crippen LogP) is 3.42. The summed E-state index contributed by atoms with van der Waals surface area (Å²) in [4.78, 5) is 20.9. The quantitative estimate of drug-likeness (QED) is 0.582. The second-order valence-corrected chi connectivity index (χ2v) is 11.3. The maximum atomic E-state index is 13.2. The number of nitrogens with zero attached hydrogens (tertiary/aromatic N) is 3. The molecule has 0 atom stereocenters. The maximum Gasteiger partial charge on any atom is 0.251 e. The molecule has 3 aromatic rings. The van der Waals surface area contributed by atoms with E-state index in [0.29, 0.717) is 25.2 Å². The average Bonchev–Trinajstić information content (AvgIpc) is 3.55. The van der Waals surface area contributed by atoms with Crippen molar-refractivity contribution < 1.29 is 13.2 Å². The zero-order chi connectivity index (χ0) is 22.8. The zero-order valence-corrected chi connectivity index (χ0v) is 19.9. The summed E-state index contributed by atoms with van der Waals surface area (Å²) in [6, 6.07) is 12.2. The van der Waals surface area contributed by atoms with Crippen LogP contribution >= 0.6 is 11.3 Å². The van der Waals surface area contributed by atoms with E-state index < -0.39 is 10.0 Å². The predicted molar refractivity (Wildman–Crippen MR) is 129 cm³/mol. The maximum absolute atomic E-state index is 13.2. The molecule has 1 fully saturated rings. The Hall–Kier alpha value is -2.75. The standard InChI is InChI=1S/C24H26N4O3S2/c29-24(26-16-18-6-7-23(25-15-18)27-10-1-2-11-27)19-4-3-5-21(14-19)33(30,31)28-12-8-22-20(17-28)9-13-32-22/h3-7,9,13-15H,1-2,8,10-12,16-17H2,(H,26,29). The number of carbonyl (C=O) groups excluding carboxylic acids is 1. The number of anilines is 1. The molecule has 33 heavy (non-hydrogen) atoms. The molecule has 9 heteroatoms. The number of amides is 1. The minimum absolute atomic E-state index is 0.144. The molecule has 7 nitrogen and oxygen atoms in total. The molecule has 0 radical (unpaired) electrons. The molecular formula is C24H26N4O3S2. The van der Waals surface area contributed by atoms with Crippen LogP contribution in [0.3, 0.4) is 0 Å². The lowest BCUT2D eigenvalue weighted by atomic mass is 10.1. The van der Waals surface area contributed by atoms with Gasteiger partial charge in [-0.05, 0) is 66.1 Å². The molecule has 0 bridgehead atoms. The number of pyridine rings is 1. The van der Waals surface area contributed by atoms with Gasteiger partial charge in [0.15, 0.2) is 0 Å². The normalized spacial score (nSPS) is 16.5. The van der Waals surface area contributed by atoms with Crippen LogP contribution < -0.4 is 10.2 Å². The third-order valence-electron chi connectivity index (χ3n) is 6.20. The Labute approximate surface area is 198 Å². The van der Waals surface area contributed by atoms with Crippen LogP contribution in [0.25, 0.3) is 0 Å². The van der Waals surface area contributed by atoms with Crippen LogP contribution in [0.4, 0.5) is 5.82 Å². The number of nitrogens with one attached hydrogen (secondary N) is 1. The highest BCUT2D eigenvalue weighted by molar-refractivity contribution is 7.89. The average molecular weight is 483 g/mol. The molecule has 4 heterocycles. The Balaban J connectivity index is 1.24. The highest BCUT2D eigenvalue weighted by Gasteiger charge is 2.29. The van der Waals surface area contributed by atoms with Crippen LogP contribution in [0.1, 0.15) is 39.2 Å². The van der Waals surface area contributed by atoms with E-state index in [-0.39, 0.29) is 10.8 Å². The smallest absolute Gasteiger partial charge is 0.251 e. The van der Waals surface area contributed by atoms with Gasteiger partial charge in [-0.15, -0.1) is 11.3 Å². The van der Waals surface area contributed by atoms with Gasteiger partial charge in [0.25, 0.3) is 5.91 Å². The van der Waals surface area contributed by atoms with E-state index in [0.717, 1.165) is 36.5 Å². The molecule has 172 valence electrons. The van der Waals surface area contributed by atoms with Gasteiger partial charge in [-0.1, -0.05) is 12.1 Å². The Morgan fingerprint density at radius 1 is 1.09 bits per heavy atom. The number of rotatable bonds is 6. The Kier molecular flexibility index (Phi) is 6.18. The third kappa shape index (κ3) is 4.66. The summed E-state index contributed by atoms with van der Waals surface area (Å²) in [5.41, 5.74) is 2.29. The van der Waals surface area contributed by atoms with Gasteiger partial charge in [0.1, 0.15) is 5.82 Å². The SMILES string of the molecule is O=C(NCc1ccc(N2CCCC2)nc1)c1cccc(S(=O)(=O)N2CCc3sccc3C2)c1. The van der Waals surface area contributed by atoms with Gasteiger partial charge in [-0.2, -0.15) is 4.31 Å². The summed E-state index contributed by atoms with van der Waals surface area (Å²) in [6.07, 6.45) is 4.89. The molecule has 5 rings (SSSR count). The van der Waals surface area contributed by atoms with Gasteiger partial charge in [0, 0.05) is 49.4 Å². The number of sulfonamides is 1. The van der Waals surface area contributed by atoms with Gasteiger partial charge >= 0.3 is 0 Å². The lowest BCUT2D eigenvalue weighted by Gasteiger charge is -2.26. The lowest BCUT2D eigenvalue weighted by molar-refractivity contribution is 0.0950. The Bertz CT molecular complexity index is 1250. The summed E-state index contributed by atoms with van der Waals surface area (Å²) in [6.45, 7) is 3.23. The van der Waals surface area contributed by atoms with Gasteiger partial charge in [-0.3, -0.25) is 4.79 Å². The van der Waals surface area contributed by atoms with Crippen LogP contribution in [0.2, 0.25) is 0 Å². The highest BCUT2D eigenvalue weighted by Crippen LogP contribution is 2.28. The first-order valence-corrected chi connectivity index (χ1v) is 13.5. The summed E-state index contributed by atoms with van der Waals surface area (Å²) in [7, 11) is -3.68. The van der Waals surface area contributed by atoms with Crippen LogP contribution in [0, 0.1) is 0 Å². The summed E-state index contributed by atoms with van der Waals surface area (Å²) >= 11 is 1.67. The molecule has 1 aromatic carbocycles. The molecule has 0 spiro atoms. The Morgan fingerprint density at radius 3 is 2.73 bits per heavy atom. The van der Waals surface area contributed by atoms with E-state index in [9.17, 15) is 13.2 Å². The van der Waals surface area contributed by atoms with Crippen LogP contribution in [0.5, 0.6) is 0 Å². The summed E-state index contributed by atoms with van der Waals surface area (Å²) < 4.78 is 27.9. The van der Waals surface area contributed by atoms with Crippen molar-refractivity contribution in [1.82, 2.24) is 14.6 Å². The minimum Gasteiger partial charge on any atom is -0.357 e. The van der Waals surface area contributed by atoms with Gasteiger partial charge < -0.3 is 10.2 Å². The molecule has 2 aliphatic rings. The van der Waals surface area contributed by atoms with E-state index in [1.807, 2.05) is 23.6 Å². The van der Waals surface area contributed by atoms with Crippen molar-refractivity contribution in [3.05, 3.63) is 75.6 Å². The van der Waals surface area contributed by atoms with Gasteiger partial charge in [0.05, 0.1) is 4.90 Å². The molecule has 0 aliphatic carbocycles. The lowest BCUT2D eigenvalue weighted by Crippen LogP contribution is -2.35. The van der Waals surface area contributed by atoms with E-state index in [2.05, 4.69) is 15.2 Å². The number of hydrogen-bond donors (Lipinski definition) is 1. The second kappa shape index (κ2) is 9.24. The number of aromatic nitrogens is 1. The van der Waals surface area contributed by atoms with Crippen molar-refractivity contribution in [3.8, 4) is 0 Å². The highest BCUT2D eigenvalue weighted by atomic mass is 32.2. The number of carbonyl (C=O) groups is 1. The molecule has 2 aliphatic heterocycles. The number of hydrogen-bond acceptors (Lipinski definition) is 6. The van der Waals surface area contributed by atoms with Crippen molar-refractivity contribution in [3.63, 3.8) is 0 Å².